The summed E-state index contributed by atoms with van der Waals surface area (Å²) in [5.74, 6) is 0.303. The normalized spacial score (nSPS) is 13.7. The Kier molecular flexibility index (Phi) is 4.35. The molecule has 1 aliphatic rings. The molecule has 0 unspecified atom stereocenters. The molecule has 0 spiro atoms. The lowest BCUT2D eigenvalue weighted by Gasteiger charge is -2.29. The van der Waals surface area contributed by atoms with Gasteiger partial charge in [0, 0.05) is 19.5 Å². The highest BCUT2D eigenvalue weighted by Crippen LogP contribution is 2.31. The molecule has 0 saturated heterocycles. The van der Waals surface area contributed by atoms with Crippen molar-refractivity contribution in [1.82, 2.24) is 5.32 Å². The van der Waals surface area contributed by atoms with Gasteiger partial charge in [-0.1, -0.05) is 12.1 Å². The van der Waals surface area contributed by atoms with Crippen LogP contribution in [0.3, 0.4) is 0 Å². The first-order valence-corrected chi connectivity index (χ1v) is 6.12. The van der Waals surface area contributed by atoms with Crippen LogP contribution in [0.5, 0.6) is 5.75 Å². The van der Waals surface area contributed by atoms with Crippen LogP contribution in [0.4, 0.5) is 5.69 Å². The lowest BCUT2D eigenvalue weighted by molar-refractivity contribution is -0.122. The van der Waals surface area contributed by atoms with Crippen molar-refractivity contribution in [3.63, 3.8) is 0 Å². The maximum absolute atomic E-state index is 11.8. The fourth-order valence-electron chi connectivity index (χ4n) is 1.90. The van der Waals surface area contributed by atoms with E-state index in [1.165, 1.54) is 0 Å². The monoisotopic (exact) mass is 264 g/mol. The van der Waals surface area contributed by atoms with E-state index in [4.69, 9.17) is 9.84 Å². The Morgan fingerprint density at radius 1 is 1.42 bits per heavy atom. The van der Waals surface area contributed by atoms with Crippen molar-refractivity contribution >= 4 is 17.5 Å². The third-order valence-corrected chi connectivity index (χ3v) is 2.80. The maximum atomic E-state index is 11.8. The van der Waals surface area contributed by atoms with E-state index in [0.29, 0.717) is 18.0 Å². The lowest BCUT2D eigenvalue weighted by atomic mass is 10.2. The van der Waals surface area contributed by atoms with Gasteiger partial charge in [0.25, 0.3) is 5.91 Å². The van der Waals surface area contributed by atoms with Crippen molar-refractivity contribution in [2.75, 3.05) is 31.2 Å². The number of ether oxygens (including phenoxy) is 1. The number of para-hydroxylation sites is 2. The molecule has 102 valence electrons. The largest absolute Gasteiger partial charge is 0.482 e. The predicted molar refractivity (Wildman–Crippen MR) is 69.0 cm³/mol. The van der Waals surface area contributed by atoms with Crippen molar-refractivity contribution in [1.29, 1.82) is 0 Å². The van der Waals surface area contributed by atoms with Crippen LogP contribution in [-0.4, -0.2) is 43.2 Å². The van der Waals surface area contributed by atoms with E-state index in [9.17, 15) is 9.59 Å². The summed E-state index contributed by atoms with van der Waals surface area (Å²) in [5, 5.41) is 11.2. The Balaban J connectivity index is 1.99. The van der Waals surface area contributed by atoms with Crippen molar-refractivity contribution < 1.29 is 19.4 Å². The zero-order valence-corrected chi connectivity index (χ0v) is 10.5. The number of anilines is 1. The summed E-state index contributed by atoms with van der Waals surface area (Å²) in [5.41, 5.74) is 0.689. The first-order valence-electron chi connectivity index (χ1n) is 6.12. The quantitative estimate of drug-likeness (QED) is 0.779. The summed E-state index contributed by atoms with van der Waals surface area (Å²) in [7, 11) is 0. The zero-order chi connectivity index (χ0) is 13.7. The van der Waals surface area contributed by atoms with Crippen molar-refractivity contribution in [3.8, 4) is 5.75 Å². The third kappa shape index (κ3) is 3.23. The first-order chi connectivity index (χ1) is 9.22. The average Bonchev–Trinajstić information content (AvgIpc) is 2.44. The SMILES string of the molecule is O=C(CCN1C(=O)COc2ccccc21)NCCO. The Morgan fingerprint density at radius 2 is 2.21 bits per heavy atom. The van der Waals surface area contributed by atoms with Gasteiger partial charge in [0.15, 0.2) is 6.61 Å². The second-order valence-electron chi connectivity index (χ2n) is 4.13. The van der Waals surface area contributed by atoms with E-state index in [-0.39, 0.29) is 38.0 Å². The molecule has 2 N–H and O–H groups in total. The van der Waals surface area contributed by atoms with Crippen molar-refractivity contribution in [3.05, 3.63) is 24.3 Å². The molecule has 1 heterocycles. The summed E-state index contributed by atoms with van der Waals surface area (Å²) in [4.78, 5) is 24.8. The van der Waals surface area contributed by atoms with Gasteiger partial charge < -0.3 is 20.1 Å². The van der Waals surface area contributed by atoms with Crippen LogP contribution < -0.4 is 15.0 Å². The average molecular weight is 264 g/mol. The van der Waals surface area contributed by atoms with Gasteiger partial charge in [-0.25, -0.2) is 0 Å². The molecule has 1 aromatic rings. The summed E-state index contributed by atoms with van der Waals surface area (Å²) in [6.07, 6.45) is 0.195. The summed E-state index contributed by atoms with van der Waals surface area (Å²) in [6, 6.07) is 7.24. The van der Waals surface area contributed by atoms with Gasteiger partial charge in [-0.15, -0.1) is 0 Å². The number of carbonyl (C=O) groups excluding carboxylic acids is 2. The number of rotatable bonds is 5. The highest BCUT2D eigenvalue weighted by atomic mass is 16.5. The standard InChI is InChI=1S/C13H16N2O4/c16-8-6-14-12(17)5-7-15-10-3-1-2-4-11(10)19-9-13(15)18/h1-4,16H,5-9H2,(H,14,17). The second-order valence-corrected chi connectivity index (χ2v) is 4.13. The highest BCUT2D eigenvalue weighted by Gasteiger charge is 2.25. The molecule has 0 atom stereocenters. The molecule has 6 heteroatoms. The zero-order valence-electron chi connectivity index (χ0n) is 10.5. The Morgan fingerprint density at radius 3 is 3.00 bits per heavy atom. The van der Waals surface area contributed by atoms with Crippen LogP contribution in [0.2, 0.25) is 0 Å². The molecule has 2 rings (SSSR count). The van der Waals surface area contributed by atoms with Gasteiger partial charge in [-0.3, -0.25) is 9.59 Å². The number of hydrogen-bond donors (Lipinski definition) is 2. The molecule has 0 aromatic heterocycles. The maximum Gasteiger partial charge on any atom is 0.265 e. The molecule has 0 fully saturated rings. The summed E-state index contributed by atoms with van der Waals surface area (Å²) < 4.78 is 5.31. The number of fused-ring (bicyclic) bond motifs is 1. The number of aliphatic hydroxyl groups is 1. The smallest absolute Gasteiger partial charge is 0.265 e. The van der Waals surface area contributed by atoms with E-state index in [1.54, 1.807) is 17.0 Å². The molecule has 0 bridgehead atoms. The minimum Gasteiger partial charge on any atom is -0.482 e. The van der Waals surface area contributed by atoms with E-state index in [0.717, 1.165) is 0 Å². The van der Waals surface area contributed by atoms with Crippen LogP contribution >= 0.6 is 0 Å². The van der Waals surface area contributed by atoms with Gasteiger partial charge in [-0.05, 0) is 12.1 Å². The van der Waals surface area contributed by atoms with Crippen LogP contribution in [-0.2, 0) is 9.59 Å². The van der Waals surface area contributed by atoms with E-state index in [1.807, 2.05) is 12.1 Å². The van der Waals surface area contributed by atoms with E-state index in [2.05, 4.69) is 5.32 Å². The van der Waals surface area contributed by atoms with Gasteiger partial charge in [0.2, 0.25) is 5.91 Å². The van der Waals surface area contributed by atoms with Gasteiger partial charge in [0.05, 0.1) is 12.3 Å². The number of nitrogens with zero attached hydrogens (tertiary/aromatic N) is 1. The first kappa shape index (κ1) is 13.4. The topological polar surface area (TPSA) is 78.9 Å². The molecule has 1 aromatic carbocycles. The second kappa shape index (κ2) is 6.19. The summed E-state index contributed by atoms with van der Waals surface area (Å²) in [6.45, 7) is 0.434. The molecule has 0 aliphatic carbocycles. The van der Waals surface area contributed by atoms with Gasteiger partial charge in [0.1, 0.15) is 5.75 Å². The Hall–Kier alpha value is -2.08. The molecule has 0 saturated carbocycles. The molecule has 19 heavy (non-hydrogen) atoms. The van der Waals surface area contributed by atoms with Crippen LogP contribution in [0.1, 0.15) is 6.42 Å². The molecular weight excluding hydrogens is 248 g/mol. The van der Waals surface area contributed by atoms with E-state index < -0.39 is 0 Å². The fraction of sp³-hybridized carbons (Fsp3) is 0.385. The minimum atomic E-state index is -0.189. The van der Waals surface area contributed by atoms with Crippen molar-refractivity contribution in [2.24, 2.45) is 0 Å². The Bertz CT molecular complexity index is 475. The molecular formula is C13H16N2O4. The van der Waals surface area contributed by atoms with Crippen molar-refractivity contribution in [2.45, 2.75) is 6.42 Å². The van der Waals surface area contributed by atoms with E-state index >= 15 is 0 Å². The number of benzene rings is 1. The number of amides is 2. The number of carbonyl (C=O) groups is 2. The van der Waals surface area contributed by atoms with Crippen LogP contribution in [0, 0.1) is 0 Å². The number of hydrogen-bond acceptors (Lipinski definition) is 4. The molecule has 1 aliphatic heterocycles. The molecule has 2 amide bonds. The lowest BCUT2D eigenvalue weighted by Crippen LogP contribution is -2.41. The highest BCUT2D eigenvalue weighted by molar-refractivity contribution is 5.98. The molecule has 6 nitrogen and oxygen atoms in total. The van der Waals surface area contributed by atoms with Crippen LogP contribution in [0.25, 0.3) is 0 Å². The molecule has 0 radical (unpaired) electrons. The Labute approximate surface area is 111 Å². The van der Waals surface area contributed by atoms with Gasteiger partial charge in [-0.2, -0.15) is 0 Å². The third-order valence-electron chi connectivity index (χ3n) is 2.80. The predicted octanol–water partition coefficient (Wildman–Crippen LogP) is -0.0894. The summed E-state index contributed by atoms with van der Waals surface area (Å²) >= 11 is 0. The van der Waals surface area contributed by atoms with Gasteiger partial charge >= 0.3 is 0 Å². The minimum absolute atomic E-state index is 0.00469. The number of nitrogens with one attached hydrogen (secondary N) is 1. The number of aliphatic hydroxyl groups excluding tert-OH is 1. The fourth-order valence-corrected chi connectivity index (χ4v) is 1.90. The van der Waals surface area contributed by atoms with Crippen LogP contribution in [0.15, 0.2) is 24.3 Å².